The zero-order valence-corrected chi connectivity index (χ0v) is 14.1. The molecule has 0 spiro atoms. The normalized spacial score (nSPS) is 14.5. The highest BCUT2D eigenvalue weighted by atomic mass is 19.1. The van der Waals surface area contributed by atoms with Gasteiger partial charge < -0.3 is 10.2 Å². The number of benzene rings is 2. The molecule has 1 saturated carbocycles. The average Bonchev–Trinajstić information content (AvgIpc) is 3.09. The second kappa shape index (κ2) is 8.10. The molecule has 1 aliphatic carbocycles. The Bertz CT molecular complexity index is 729. The number of hydrogen-bond acceptors (Lipinski definition) is 2. The molecule has 0 aliphatic heterocycles. The minimum atomic E-state index is -0.424. The maximum Gasteiger partial charge on any atom is 0.239 e. The summed E-state index contributed by atoms with van der Waals surface area (Å²) < 4.78 is 28.2. The number of rotatable bonds is 6. The summed E-state index contributed by atoms with van der Waals surface area (Å²) in [5.74, 6) is -0.945. The van der Waals surface area contributed by atoms with Gasteiger partial charge in [0.2, 0.25) is 5.91 Å². The largest absolute Gasteiger partial charge is 0.355 e. The second-order valence-electron chi connectivity index (χ2n) is 6.45. The minimum Gasteiger partial charge on any atom is -0.355 e. The number of nitrogens with one attached hydrogen (secondary N) is 1. The van der Waals surface area contributed by atoms with E-state index in [-0.39, 0.29) is 30.9 Å². The Morgan fingerprint density at radius 1 is 1.00 bits per heavy atom. The first-order chi connectivity index (χ1) is 12.1. The standard InChI is InChI=1S/C20H22F2N2O/c21-17-10-4-1-7-15(17)13-24(19-12-6-5-11-18(19)22)14-20(25)23-16-8-2-3-9-16/h1,4-7,10-12,16H,2-3,8-9,13-14H2,(H,23,25). The summed E-state index contributed by atoms with van der Waals surface area (Å²) in [6.45, 7) is 0.122. The molecule has 1 N–H and O–H groups in total. The molecule has 1 amide bonds. The van der Waals surface area contributed by atoms with Gasteiger partial charge in [-0.05, 0) is 31.0 Å². The Hall–Kier alpha value is -2.43. The SMILES string of the molecule is O=C(CN(Cc1ccccc1F)c1ccccc1F)NC1CCCC1. The van der Waals surface area contributed by atoms with Crippen molar-refractivity contribution in [1.29, 1.82) is 0 Å². The highest BCUT2D eigenvalue weighted by molar-refractivity contribution is 5.81. The van der Waals surface area contributed by atoms with Crippen LogP contribution in [-0.4, -0.2) is 18.5 Å². The minimum absolute atomic E-state index is 0.00817. The number of hydrogen-bond donors (Lipinski definition) is 1. The molecule has 1 fully saturated rings. The fraction of sp³-hybridized carbons (Fsp3) is 0.350. The summed E-state index contributed by atoms with van der Waals surface area (Å²) >= 11 is 0. The highest BCUT2D eigenvalue weighted by Crippen LogP contribution is 2.22. The first-order valence-electron chi connectivity index (χ1n) is 8.66. The van der Waals surface area contributed by atoms with Gasteiger partial charge in [-0.1, -0.05) is 43.2 Å². The van der Waals surface area contributed by atoms with E-state index in [1.54, 1.807) is 41.3 Å². The van der Waals surface area contributed by atoms with Gasteiger partial charge in [0.1, 0.15) is 11.6 Å². The van der Waals surface area contributed by atoms with E-state index in [1.807, 2.05) is 0 Å². The second-order valence-corrected chi connectivity index (χ2v) is 6.45. The van der Waals surface area contributed by atoms with E-state index in [2.05, 4.69) is 5.32 Å². The fourth-order valence-corrected chi connectivity index (χ4v) is 3.28. The fourth-order valence-electron chi connectivity index (χ4n) is 3.28. The third-order valence-electron chi connectivity index (χ3n) is 4.57. The summed E-state index contributed by atoms with van der Waals surface area (Å²) in [6.07, 6.45) is 4.21. The van der Waals surface area contributed by atoms with Gasteiger partial charge in [-0.15, -0.1) is 0 Å². The number of carbonyl (C=O) groups excluding carboxylic acids is 1. The summed E-state index contributed by atoms with van der Waals surface area (Å²) in [5.41, 5.74) is 0.728. The Kier molecular flexibility index (Phi) is 5.64. The van der Waals surface area contributed by atoms with Crippen LogP contribution in [0.5, 0.6) is 0 Å². The number of anilines is 1. The van der Waals surface area contributed by atoms with Crippen molar-refractivity contribution in [2.24, 2.45) is 0 Å². The molecule has 0 aromatic heterocycles. The number of halogens is 2. The zero-order chi connectivity index (χ0) is 17.6. The third kappa shape index (κ3) is 4.56. The molecule has 5 heteroatoms. The third-order valence-corrected chi connectivity index (χ3v) is 4.57. The molecule has 132 valence electrons. The molecule has 2 aromatic rings. The van der Waals surface area contributed by atoms with E-state index in [0.29, 0.717) is 11.3 Å². The van der Waals surface area contributed by atoms with Crippen molar-refractivity contribution in [3.8, 4) is 0 Å². The average molecular weight is 344 g/mol. The van der Waals surface area contributed by atoms with Crippen LogP contribution in [0.4, 0.5) is 14.5 Å². The van der Waals surface area contributed by atoms with Crippen molar-refractivity contribution in [3.05, 3.63) is 65.7 Å². The first-order valence-corrected chi connectivity index (χ1v) is 8.66. The van der Waals surface area contributed by atoms with Crippen LogP contribution >= 0.6 is 0 Å². The van der Waals surface area contributed by atoms with Crippen LogP contribution in [0.15, 0.2) is 48.5 Å². The molecular formula is C20H22F2N2O. The van der Waals surface area contributed by atoms with E-state index >= 15 is 0 Å². The van der Waals surface area contributed by atoms with Gasteiger partial charge in [0.25, 0.3) is 0 Å². The van der Waals surface area contributed by atoms with E-state index in [9.17, 15) is 13.6 Å². The van der Waals surface area contributed by atoms with Crippen LogP contribution in [0.25, 0.3) is 0 Å². The summed E-state index contributed by atoms with van der Waals surface area (Å²) in [6, 6.07) is 12.8. The summed E-state index contributed by atoms with van der Waals surface area (Å²) in [4.78, 5) is 14.0. The molecule has 3 nitrogen and oxygen atoms in total. The maximum atomic E-state index is 14.2. The predicted octanol–water partition coefficient (Wildman–Crippen LogP) is 4.03. The van der Waals surface area contributed by atoms with E-state index < -0.39 is 5.82 Å². The topological polar surface area (TPSA) is 32.3 Å². The van der Waals surface area contributed by atoms with Crippen LogP contribution in [0.1, 0.15) is 31.2 Å². The lowest BCUT2D eigenvalue weighted by molar-refractivity contribution is -0.120. The molecule has 0 unspecified atom stereocenters. The number of amides is 1. The lowest BCUT2D eigenvalue weighted by Crippen LogP contribution is -2.41. The molecule has 0 radical (unpaired) electrons. The van der Waals surface area contributed by atoms with E-state index in [0.717, 1.165) is 25.7 Å². The van der Waals surface area contributed by atoms with Crippen LogP contribution in [-0.2, 0) is 11.3 Å². The maximum absolute atomic E-state index is 14.2. The smallest absolute Gasteiger partial charge is 0.239 e. The Balaban J connectivity index is 1.78. The van der Waals surface area contributed by atoms with Crippen molar-refractivity contribution < 1.29 is 13.6 Å². The van der Waals surface area contributed by atoms with E-state index in [4.69, 9.17) is 0 Å². The van der Waals surface area contributed by atoms with Gasteiger partial charge in [0.15, 0.2) is 0 Å². The molecule has 2 aromatic carbocycles. The van der Waals surface area contributed by atoms with Crippen molar-refractivity contribution >= 4 is 11.6 Å². The molecule has 3 rings (SSSR count). The quantitative estimate of drug-likeness (QED) is 0.858. The number of para-hydroxylation sites is 1. The molecule has 0 heterocycles. The van der Waals surface area contributed by atoms with Crippen molar-refractivity contribution in [2.75, 3.05) is 11.4 Å². The first kappa shape index (κ1) is 17.4. The Morgan fingerprint density at radius 2 is 1.64 bits per heavy atom. The molecule has 0 saturated heterocycles. The highest BCUT2D eigenvalue weighted by Gasteiger charge is 2.21. The lowest BCUT2D eigenvalue weighted by Gasteiger charge is -2.26. The van der Waals surface area contributed by atoms with Gasteiger partial charge in [0, 0.05) is 18.2 Å². The van der Waals surface area contributed by atoms with Crippen LogP contribution < -0.4 is 10.2 Å². The summed E-state index contributed by atoms with van der Waals surface area (Å²) in [5, 5.41) is 3.00. The van der Waals surface area contributed by atoms with Crippen molar-refractivity contribution in [3.63, 3.8) is 0 Å². The Labute approximate surface area is 146 Å². The molecule has 0 atom stereocenters. The van der Waals surface area contributed by atoms with Gasteiger partial charge in [-0.3, -0.25) is 4.79 Å². The van der Waals surface area contributed by atoms with Gasteiger partial charge in [0.05, 0.1) is 12.2 Å². The number of carbonyl (C=O) groups is 1. The van der Waals surface area contributed by atoms with Crippen molar-refractivity contribution in [1.82, 2.24) is 5.32 Å². The Morgan fingerprint density at radius 3 is 2.32 bits per heavy atom. The molecule has 25 heavy (non-hydrogen) atoms. The lowest BCUT2D eigenvalue weighted by atomic mass is 10.1. The monoisotopic (exact) mass is 344 g/mol. The number of nitrogens with zero attached hydrogens (tertiary/aromatic N) is 1. The van der Waals surface area contributed by atoms with Gasteiger partial charge in [-0.2, -0.15) is 0 Å². The van der Waals surface area contributed by atoms with Gasteiger partial charge in [-0.25, -0.2) is 8.78 Å². The van der Waals surface area contributed by atoms with Crippen molar-refractivity contribution in [2.45, 2.75) is 38.3 Å². The predicted molar refractivity (Wildman–Crippen MR) is 94.2 cm³/mol. The molecule has 1 aliphatic rings. The van der Waals surface area contributed by atoms with E-state index in [1.165, 1.54) is 12.1 Å². The van der Waals surface area contributed by atoms with Crippen LogP contribution in [0.2, 0.25) is 0 Å². The zero-order valence-electron chi connectivity index (χ0n) is 14.1. The molecular weight excluding hydrogens is 322 g/mol. The molecule has 0 bridgehead atoms. The van der Waals surface area contributed by atoms with Crippen LogP contribution in [0, 0.1) is 11.6 Å². The van der Waals surface area contributed by atoms with Gasteiger partial charge >= 0.3 is 0 Å². The van der Waals surface area contributed by atoms with Crippen LogP contribution in [0.3, 0.4) is 0 Å². The summed E-state index contributed by atoms with van der Waals surface area (Å²) in [7, 11) is 0.